The Balaban J connectivity index is 1.95. The van der Waals surface area contributed by atoms with E-state index in [1.54, 1.807) is 0 Å². The van der Waals surface area contributed by atoms with Crippen LogP contribution in [-0.2, 0) is 0 Å². The van der Waals surface area contributed by atoms with Gasteiger partial charge < -0.3 is 10.1 Å². The second kappa shape index (κ2) is 5.49. The van der Waals surface area contributed by atoms with Crippen molar-refractivity contribution in [3.05, 3.63) is 0 Å². The van der Waals surface area contributed by atoms with E-state index in [2.05, 4.69) is 16.1 Å². The highest BCUT2D eigenvalue weighted by Gasteiger charge is 2.34. The molecule has 1 saturated heterocycles. The molecule has 2 fully saturated rings. The highest BCUT2D eigenvalue weighted by molar-refractivity contribution is 5.61. The standard InChI is InChI=1S/C14H26N2O/c1-14(17)7-9-16(10-8-14)13-6-4-3-5-12(13)11-15-2/h11-13,17H,3-10H2,1-2H3/b15-11+/t12?,13-/m0/s1. The third-order valence-corrected chi connectivity index (χ3v) is 4.47. The van der Waals surface area contributed by atoms with Gasteiger partial charge in [-0.15, -0.1) is 0 Å². The van der Waals surface area contributed by atoms with Crippen molar-refractivity contribution in [3.8, 4) is 0 Å². The Morgan fingerprint density at radius 3 is 2.53 bits per heavy atom. The summed E-state index contributed by atoms with van der Waals surface area (Å²) in [7, 11) is 1.88. The summed E-state index contributed by atoms with van der Waals surface area (Å²) >= 11 is 0. The molecule has 98 valence electrons. The van der Waals surface area contributed by atoms with Gasteiger partial charge in [0.1, 0.15) is 0 Å². The predicted molar refractivity (Wildman–Crippen MR) is 71.6 cm³/mol. The van der Waals surface area contributed by atoms with Gasteiger partial charge in [-0.2, -0.15) is 0 Å². The molecule has 1 aliphatic carbocycles. The van der Waals surface area contributed by atoms with Gasteiger partial charge in [0, 0.05) is 38.3 Å². The Labute approximate surface area is 105 Å². The van der Waals surface area contributed by atoms with Crippen LogP contribution >= 0.6 is 0 Å². The van der Waals surface area contributed by atoms with Crippen LogP contribution < -0.4 is 0 Å². The summed E-state index contributed by atoms with van der Waals surface area (Å²) < 4.78 is 0. The quantitative estimate of drug-likeness (QED) is 0.748. The van der Waals surface area contributed by atoms with Crippen LogP contribution in [0.2, 0.25) is 0 Å². The van der Waals surface area contributed by atoms with Crippen LogP contribution in [0.25, 0.3) is 0 Å². The first kappa shape index (κ1) is 13.0. The predicted octanol–water partition coefficient (Wildman–Crippen LogP) is 2.09. The number of aliphatic hydroxyl groups is 1. The van der Waals surface area contributed by atoms with E-state index in [1.807, 2.05) is 14.0 Å². The molecule has 2 atom stereocenters. The molecule has 1 saturated carbocycles. The van der Waals surface area contributed by atoms with Gasteiger partial charge in [-0.25, -0.2) is 0 Å². The zero-order valence-corrected chi connectivity index (χ0v) is 11.2. The van der Waals surface area contributed by atoms with Gasteiger partial charge in [-0.05, 0) is 32.6 Å². The van der Waals surface area contributed by atoms with Gasteiger partial charge in [0.05, 0.1) is 5.60 Å². The molecule has 1 unspecified atom stereocenters. The number of nitrogens with zero attached hydrogens (tertiary/aromatic N) is 2. The number of likely N-dealkylation sites (tertiary alicyclic amines) is 1. The number of rotatable bonds is 2. The van der Waals surface area contributed by atoms with Gasteiger partial charge in [0.2, 0.25) is 0 Å². The van der Waals surface area contributed by atoms with E-state index in [9.17, 15) is 5.11 Å². The van der Waals surface area contributed by atoms with Crippen LogP contribution in [0.1, 0.15) is 45.4 Å². The van der Waals surface area contributed by atoms with E-state index < -0.39 is 5.60 Å². The highest BCUT2D eigenvalue weighted by Crippen LogP contribution is 2.31. The lowest BCUT2D eigenvalue weighted by molar-refractivity contribution is -0.0245. The van der Waals surface area contributed by atoms with Crippen LogP contribution in [0.15, 0.2) is 4.99 Å². The Morgan fingerprint density at radius 2 is 1.88 bits per heavy atom. The molecule has 0 bridgehead atoms. The van der Waals surface area contributed by atoms with E-state index in [-0.39, 0.29) is 0 Å². The summed E-state index contributed by atoms with van der Waals surface area (Å²) in [6.45, 7) is 4.06. The topological polar surface area (TPSA) is 35.8 Å². The Hall–Kier alpha value is -0.410. The van der Waals surface area contributed by atoms with Gasteiger partial charge >= 0.3 is 0 Å². The molecule has 17 heavy (non-hydrogen) atoms. The molecule has 0 radical (unpaired) electrons. The molecule has 3 heteroatoms. The molecule has 1 N–H and O–H groups in total. The second-order valence-electron chi connectivity index (χ2n) is 5.96. The van der Waals surface area contributed by atoms with Crippen molar-refractivity contribution in [1.82, 2.24) is 4.90 Å². The van der Waals surface area contributed by atoms with Gasteiger partial charge in [-0.3, -0.25) is 4.90 Å². The molecule has 0 aromatic heterocycles. The number of aliphatic imine (C=N–C) groups is 1. The second-order valence-corrected chi connectivity index (χ2v) is 5.96. The minimum atomic E-state index is -0.431. The van der Waals surface area contributed by atoms with Crippen LogP contribution in [0.4, 0.5) is 0 Å². The molecule has 2 aliphatic rings. The zero-order valence-electron chi connectivity index (χ0n) is 11.2. The summed E-state index contributed by atoms with van der Waals surface area (Å²) in [5.41, 5.74) is -0.431. The molecule has 1 heterocycles. The molecular weight excluding hydrogens is 212 g/mol. The molecule has 2 rings (SSSR count). The lowest BCUT2D eigenvalue weighted by Gasteiger charge is -2.44. The maximum Gasteiger partial charge on any atom is 0.0644 e. The van der Waals surface area contributed by atoms with Crippen molar-refractivity contribution in [1.29, 1.82) is 0 Å². The van der Waals surface area contributed by atoms with Crippen molar-refractivity contribution >= 4 is 6.21 Å². The van der Waals surface area contributed by atoms with Crippen molar-refractivity contribution in [2.45, 2.75) is 57.1 Å². The number of piperidine rings is 1. The lowest BCUT2D eigenvalue weighted by Crippen LogP contribution is -2.50. The van der Waals surface area contributed by atoms with Gasteiger partial charge in [0.25, 0.3) is 0 Å². The molecule has 3 nitrogen and oxygen atoms in total. The van der Waals surface area contributed by atoms with Crippen molar-refractivity contribution in [3.63, 3.8) is 0 Å². The maximum atomic E-state index is 10.0. The summed E-state index contributed by atoms with van der Waals surface area (Å²) in [5.74, 6) is 0.636. The SMILES string of the molecule is C/N=C/C1CCCC[C@@H]1N1CCC(C)(O)CC1. The van der Waals surface area contributed by atoms with Crippen molar-refractivity contribution in [2.24, 2.45) is 10.9 Å². The summed E-state index contributed by atoms with van der Waals surface area (Å²) in [6.07, 6.45) is 9.27. The number of hydrogen-bond donors (Lipinski definition) is 1. The maximum absolute atomic E-state index is 10.0. The van der Waals surface area contributed by atoms with Crippen LogP contribution in [0, 0.1) is 5.92 Å². The first-order chi connectivity index (χ1) is 8.12. The van der Waals surface area contributed by atoms with Crippen molar-refractivity contribution in [2.75, 3.05) is 20.1 Å². The molecule has 0 aromatic rings. The van der Waals surface area contributed by atoms with Crippen LogP contribution in [0.3, 0.4) is 0 Å². The first-order valence-electron chi connectivity index (χ1n) is 7.01. The molecule has 1 aliphatic heterocycles. The monoisotopic (exact) mass is 238 g/mol. The fraction of sp³-hybridized carbons (Fsp3) is 0.929. The van der Waals surface area contributed by atoms with E-state index in [0.29, 0.717) is 12.0 Å². The minimum absolute atomic E-state index is 0.431. The third kappa shape index (κ3) is 3.29. The van der Waals surface area contributed by atoms with Gasteiger partial charge in [0.15, 0.2) is 0 Å². The molecule has 0 spiro atoms. The van der Waals surface area contributed by atoms with E-state index in [4.69, 9.17) is 0 Å². The van der Waals surface area contributed by atoms with E-state index >= 15 is 0 Å². The largest absolute Gasteiger partial charge is 0.390 e. The van der Waals surface area contributed by atoms with E-state index in [0.717, 1.165) is 25.9 Å². The zero-order chi connectivity index (χ0) is 12.3. The summed E-state index contributed by atoms with van der Waals surface area (Å²) in [6, 6.07) is 0.670. The first-order valence-corrected chi connectivity index (χ1v) is 7.01. The third-order valence-electron chi connectivity index (χ3n) is 4.47. The van der Waals surface area contributed by atoms with Gasteiger partial charge in [-0.1, -0.05) is 12.8 Å². The summed E-state index contributed by atoms with van der Waals surface area (Å²) in [5, 5.41) is 10.0. The smallest absolute Gasteiger partial charge is 0.0644 e. The molecular formula is C14H26N2O. The van der Waals surface area contributed by atoms with Crippen LogP contribution in [-0.4, -0.2) is 48.0 Å². The Kier molecular flexibility index (Phi) is 4.21. The van der Waals surface area contributed by atoms with E-state index in [1.165, 1.54) is 25.7 Å². The molecule has 0 amide bonds. The number of hydrogen-bond acceptors (Lipinski definition) is 3. The minimum Gasteiger partial charge on any atom is -0.390 e. The van der Waals surface area contributed by atoms with Crippen molar-refractivity contribution < 1.29 is 5.11 Å². The fourth-order valence-corrected chi connectivity index (χ4v) is 3.30. The lowest BCUT2D eigenvalue weighted by atomic mass is 9.82. The Bertz CT molecular complexity index is 265. The summed E-state index contributed by atoms with van der Waals surface area (Å²) in [4.78, 5) is 6.82. The highest BCUT2D eigenvalue weighted by atomic mass is 16.3. The molecule has 0 aromatic carbocycles. The average molecular weight is 238 g/mol. The fourth-order valence-electron chi connectivity index (χ4n) is 3.30. The normalized spacial score (nSPS) is 35.2. The Morgan fingerprint density at radius 1 is 1.24 bits per heavy atom. The average Bonchev–Trinajstić information content (AvgIpc) is 2.31. The van der Waals surface area contributed by atoms with Crippen LogP contribution in [0.5, 0.6) is 0 Å².